The van der Waals surface area contributed by atoms with Crippen LogP contribution in [0.5, 0.6) is 0 Å². The van der Waals surface area contributed by atoms with E-state index in [0.29, 0.717) is 5.69 Å². The minimum Gasteiger partial charge on any atom is -0.281 e. The van der Waals surface area contributed by atoms with Crippen LogP contribution in [-0.2, 0) is 0 Å². The fraction of sp³-hybridized carbons (Fsp3) is 0. The molecule has 0 aromatic carbocycles. The molecule has 13 heavy (non-hydrogen) atoms. The Hall–Kier alpha value is -1.97. The largest absolute Gasteiger partial charge is 0.281 e. The Morgan fingerprint density at radius 1 is 1.23 bits per heavy atom. The first-order valence-electron chi connectivity index (χ1n) is 3.88. The molecule has 0 radical (unpaired) electrons. The summed E-state index contributed by atoms with van der Waals surface area (Å²) in [7, 11) is 0. The highest BCUT2D eigenvalue weighted by Crippen LogP contribution is 1.85. The molecule has 64 valence electrons. The number of pyridine rings is 1. The van der Waals surface area contributed by atoms with E-state index < -0.39 is 0 Å². The lowest BCUT2D eigenvalue weighted by atomic mass is 10.4. The smallest absolute Gasteiger partial charge is 0.277 e. The van der Waals surface area contributed by atoms with Gasteiger partial charge in [-0.05, 0) is 0 Å². The summed E-state index contributed by atoms with van der Waals surface area (Å²) >= 11 is 0. The minimum atomic E-state index is -0.102. The molecule has 4 nitrogen and oxygen atoms in total. The quantitative estimate of drug-likeness (QED) is 0.621. The topological polar surface area (TPSA) is 49.6 Å². The molecule has 0 fully saturated rings. The summed E-state index contributed by atoms with van der Waals surface area (Å²) in [6, 6.07) is 5.62. The van der Waals surface area contributed by atoms with Crippen LogP contribution in [0.2, 0.25) is 0 Å². The maximum atomic E-state index is 11.3. The van der Waals surface area contributed by atoms with Gasteiger partial charge in [0.15, 0.2) is 12.4 Å². The van der Waals surface area contributed by atoms with E-state index in [4.69, 9.17) is 0 Å². The molecule has 0 aliphatic heterocycles. The first-order chi connectivity index (χ1) is 6.38. The lowest BCUT2D eigenvalue weighted by Crippen LogP contribution is -2.35. The number of nitrogens with zero attached hydrogens (tertiary/aromatic N) is 2. The van der Waals surface area contributed by atoms with Crippen LogP contribution in [0.3, 0.4) is 0 Å². The lowest BCUT2D eigenvalue weighted by molar-refractivity contribution is -0.596. The number of rotatable bonds is 1. The molecule has 0 aliphatic carbocycles. The predicted octanol–water partition coefficient (Wildman–Crippen LogP) is 0.0466. The van der Waals surface area contributed by atoms with Crippen LogP contribution < -0.4 is 10.00 Å². The Morgan fingerprint density at radius 2 is 2.00 bits per heavy atom. The van der Waals surface area contributed by atoms with Crippen LogP contribution >= 0.6 is 0 Å². The maximum Gasteiger partial charge on any atom is 0.277 e. The predicted molar refractivity (Wildman–Crippen MR) is 46.4 cm³/mol. The van der Waals surface area contributed by atoms with E-state index in [1.54, 1.807) is 10.8 Å². The summed E-state index contributed by atoms with van der Waals surface area (Å²) in [4.78, 5) is 11.3. The highest BCUT2D eigenvalue weighted by Gasteiger charge is 2.07. The Kier molecular flexibility index (Phi) is 1.88. The molecule has 4 heteroatoms. The van der Waals surface area contributed by atoms with Gasteiger partial charge in [-0.3, -0.25) is 9.89 Å². The van der Waals surface area contributed by atoms with E-state index in [0.717, 1.165) is 0 Å². The second-order valence-electron chi connectivity index (χ2n) is 2.56. The van der Waals surface area contributed by atoms with Gasteiger partial charge in [-0.1, -0.05) is 6.07 Å². The molecular formula is C9H8N3O+. The number of H-pyrrole nitrogens is 1. The maximum absolute atomic E-state index is 11.3. The Morgan fingerprint density at radius 3 is 2.69 bits per heavy atom. The van der Waals surface area contributed by atoms with Crippen molar-refractivity contribution in [3.8, 4) is 5.69 Å². The van der Waals surface area contributed by atoms with Crippen molar-refractivity contribution in [2.24, 2.45) is 0 Å². The molecule has 2 heterocycles. The second kappa shape index (κ2) is 3.18. The van der Waals surface area contributed by atoms with Crippen molar-refractivity contribution < 1.29 is 4.57 Å². The third-order valence-electron chi connectivity index (χ3n) is 1.70. The summed E-state index contributed by atoms with van der Waals surface area (Å²) in [5.74, 6) is 0. The van der Waals surface area contributed by atoms with E-state index in [1.807, 2.05) is 30.6 Å². The molecule has 1 N–H and O–H groups in total. The normalized spacial score (nSPS) is 9.85. The van der Waals surface area contributed by atoms with Crippen molar-refractivity contribution in [3.05, 3.63) is 53.2 Å². The minimum absolute atomic E-state index is 0.102. The third-order valence-corrected chi connectivity index (χ3v) is 1.70. The monoisotopic (exact) mass is 174 g/mol. The van der Waals surface area contributed by atoms with E-state index in [1.165, 1.54) is 6.20 Å². The van der Waals surface area contributed by atoms with Gasteiger partial charge >= 0.3 is 0 Å². The first-order valence-corrected chi connectivity index (χ1v) is 3.88. The van der Waals surface area contributed by atoms with Gasteiger partial charge in [-0.2, -0.15) is 9.67 Å². The zero-order chi connectivity index (χ0) is 9.10. The van der Waals surface area contributed by atoms with Gasteiger partial charge in [0.25, 0.3) is 11.1 Å². The highest BCUT2D eigenvalue weighted by molar-refractivity contribution is 5.13. The highest BCUT2D eigenvalue weighted by atomic mass is 16.1. The molecule has 0 unspecified atom stereocenters. The molecule has 0 spiro atoms. The number of hydrogen-bond donors (Lipinski definition) is 1. The van der Waals surface area contributed by atoms with E-state index in [9.17, 15) is 4.79 Å². The third kappa shape index (κ3) is 1.46. The summed E-state index contributed by atoms with van der Waals surface area (Å²) in [6.45, 7) is 0. The Balaban J connectivity index is 2.60. The van der Waals surface area contributed by atoms with E-state index in [-0.39, 0.29) is 5.43 Å². The number of aromatic amines is 1. The summed E-state index contributed by atoms with van der Waals surface area (Å²) < 4.78 is 1.74. The van der Waals surface area contributed by atoms with Crippen LogP contribution in [-0.4, -0.2) is 10.2 Å². The van der Waals surface area contributed by atoms with Gasteiger partial charge in [-0.15, -0.1) is 0 Å². The van der Waals surface area contributed by atoms with Crippen molar-refractivity contribution in [3.63, 3.8) is 0 Å². The van der Waals surface area contributed by atoms with Crippen molar-refractivity contribution >= 4 is 0 Å². The van der Waals surface area contributed by atoms with Crippen molar-refractivity contribution in [1.29, 1.82) is 0 Å². The average molecular weight is 174 g/mol. The Bertz CT molecular complexity index is 450. The fourth-order valence-electron chi connectivity index (χ4n) is 1.09. The molecule has 0 saturated heterocycles. The molecule has 2 rings (SSSR count). The second-order valence-corrected chi connectivity index (χ2v) is 2.56. The van der Waals surface area contributed by atoms with Gasteiger partial charge in [0.2, 0.25) is 0 Å². The molecule has 2 aromatic heterocycles. The van der Waals surface area contributed by atoms with Crippen LogP contribution in [0.4, 0.5) is 0 Å². The molecule has 0 aliphatic rings. The standard InChI is InChI=1S/C9H7N3O/c13-9-7-11-10-6-8(9)12-4-2-1-3-5-12/h1-7H/p+1. The molecule has 0 bridgehead atoms. The molecular weight excluding hydrogens is 166 g/mol. The summed E-state index contributed by atoms with van der Waals surface area (Å²) in [5, 5.41) is 6.25. The van der Waals surface area contributed by atoms with Crippen molar-refractivity contribution in [2.75, 3.05) is 0 Å². The molecule has 0 amide bonds. The number of hydrogen-bond acceptors (Lipinski definition) is 2. The first kappa shape index (κ1) is 7.67. The summed E-state index contributed by atoms with van der Waals surface area (Å²) in [6.07, 6.45) is 6.45. The van der Waals surface area contributed by atoms with Crippen LogP contribution in [0.15, 0.2) is 47.8 Å². The Labute approximate surface area is 74.5 Å². The van der Waals surface area contributed by atoms with Crippen molar-refractivity contribution in [2.45, 2.75) is 0 Å². The van der Waals surface area contributed by atoms with Crippen LogP contribution in [0, 0.1) is 0 Å². The number of aromatic nitrogens is 3. The molecule has 0 atom stereocenters. The van der Waals surface area contributed by atoms with Crippen molar-refractivity contribution in [1.82, 2.24) is 10.2 Å². The lowest BCUT2D eigenvalue weighted by Gasteiger charge is -1.91. The zero-order valence-corrected chi connectivity index (χ0v) is 6.84. The van der Waals surface area contributed by atoms with Gasteiger partial charge in [-0.25, -0.2) is 0 Å². The van der Waals surface area contributed by atoms with Crippen LogP contribution in [0.25, 0.3) is 5.69 Å². The molecule has 0 saturated carbocycles. The number of nitrogens with one attached hydrogen (secondary N) is 1. The summed E-state index contributed by atoms with van der Waals surface area (Å²) in [5.41, 5.74) is 0.463. The zero-order valence-electron chi connectivity index (χ0n) is 6.84. The fourth-order valence-corrected chi connectivity index (χ4v) is 1.09. The average Bonchev–Trinajstić information content (AvgIpc) is 2.20. The van der Waals surface area contributed by atoms with Gasteiger partial charge in [0.1, 0.15) is 6.20 Å². The molecule has 2 aromatic rings. The van der Waals surface area contributed by atoms with Crippen LogP contribution in [0.1, 0.15) is 0 Å². The SMILES string of the molecule is O=c1cn[nH]cc1-[n+]1ccccc1. The van der Waals surface area contributed by atoms with Gasteiger partial charge in [0.05, 0.1) is 6.20 Å². The van der Waals surface area contributed by atoms with Gasteiger partial charge in [0, 0.05) is 12.1 Å². The van der Waals surface area contributed by atoms with E-state index >= 15 is 0 Å². The van der Waals surface area contributed by atoms with Gasteiger partial charge < -0.3 is 0 Å². The van der Waals surface area contributed by atoms with E-state index in [2.05, 4.69) is 10.2 Å².